The Morgan fingerprint density at radius 2 is 1.70 bits per heavy atom. The Kier molecular flexibility index (Phi) is 18.2. The lowest BCUT2D eigenvalue weighted by atomic mass is 9.88. The second-order valence-corrected chi connectivity index (χ2v) is 23.6. The van der Waals surface area contributed by atoms with E-state index >= 15 is 4.39 Å². The van der Waals surface area contributed by atoms with Gasteiger partial charge in [-0.05, 0) is 84.9 Å². The number of carbonyl (C=O) groups is 2. The van der Waals surface area contributed by atoms with Crippen LogP contribution >= 0.6 is 48.6 Å². The SMILES string of the molecule is Cc1ncsc1-c1ccc([C@H](CO)NC(=O)[C@@H]2C[C@@H](O)CN2C(=O)[C@H](C(C)C)n2cc(-c3ccc(COc4c(-c5c(C)c(F)cc6[nH]ncc56)c(C5CC5)cc5c(N6C[C@@H]7C[C@H]6CN7)nc(OC6CCOCC6)nc45)cc3)nn2)cc1.Cl.Cl.Cl. The summed E-state index contributed by atoms with van der Waals surface area (Å²) in [5.74, 6) is 0.0881. The number of halogens is 4. The topological polar surface area (TPSA) is 231 Å². The third-order valence-corrected chi connectivity index (χ3v) is 17.9. The molecule has 4 aromatic heterocycles. The zero-order chi connectivity index (χ0) is 55.6. The fraction of sp³-hybridized carbons (Fsp3) is 0.433. The van der Waals surface area contributed by atoms with Gasteiger partial charge in [-0.15, -0.1) is 53.7 Å². The van der Waals surface area contributed by atoms with Crippen LogP contribution in [0.3, 0.4) is 0 Å². The fourth-order valence-corrected chi connectivity index (χ4v) is 13.3. The van der Waals surface area contributed by atoms with Crippen LogP contribution in [0.5, 0.6) is 11.8 Å². The molecule has 2 amide bonds. The molecule has 444 valence electrons. The molecule has 4 saturated heterocycles. The van der Waals surface area contributed by atoms with Gasteiger partial charge in [0.2, 0.25) is 11.8 Å². The van der Waals surface area contributed by atoms with E-state index < -0.39 is 30.1 Å². The Hall–Kier alpha value is -6.56. The summed E-state index contributed by atoms with van der Waals surface area (Å²) in [7, 11) is 0. The molecule has 2 bridgehead atoms. The molecule has 5 N–H and O–H groups in total. The number of nitrogens with one attached hydrogen (secondary N) is 3. The molecule has 0 spiro atoms. The maximum absolute atomic E-state index is 16.2. The maximum Gasteiger partial charge on any atom is 0.319 e. The minimum Gasteiger partial charge on any atom is -0.486 e. The normalized spacial score (nSPS) is 20.2. The van der Waals surface area contributed by atoms with Crippen molar-refractivity contribution in [1.82, 2.24) is 55.7 Å². The zero-order valence-electron chi connectivity index (χ0n) is 46.9. The molecule has 5 fully saturated rings. The number of hydrogen-bond donors (Lipinski definition) is 5. The highest BCUT2D eigenvalue weighted by Crippen LogP contribution is 2.54. The van der Waals surface area contributed by atoms with E-state index in [-0.39, 0.29) is 105 Å². The second-order valence-electron chi connectivity index (χ2n) is 22.7. The summed E-state index contributed by atoms with van der Waals surface area (Å²) in [6, 6.07) is 17.4. The molecule has 84 heavy (non-hydrogen) atoms. The van der Waals surface area contributed by atoms with Crippen molar-refractivity contribution in [1.29, 1.82) is 0 Å². The Morgan fingerprint density at radius 1 is 0.940 bits per heavy atom. The van der Waals surface area contributed by atoms with Gasteiger partial charge >= 0.3 is 6.01 Å². The number of aliphatic hydroxyl groups is 2. The highest BCUT2D eigenvalue weighted by Gasteiger charge is 2.44. The first-order chi connectivity index (χ1) is 39.4. The predicted molar refractivity (Wildman–Crippen MR) is 325 cm³/mol. The fourth-order valence-electron chi connectivity index (χ4n) is 12.5. The molecule has 13 rings (SSSR count). The molecular formula is C60H68Cl3FN12O7S. The van der Waals surface area contributed by atoms with E-state index in [1.807, 2.05) is 76.2 Å². The van der Waals surface area contributed by atoms with Gasteiger partial charge in [-0.3, -0.25) is 14.7 Å². The quantitative estimate of drug-likeness (QED) is 0.0572. The molecule has 6 atom stereocenters. The van der Waals surface area contributed by atoms with Gasteiger partial charge in [-0.25, -0.2) is 14.1 Å². The highest BCUT2D eigenvalue weighted by molar-refractivity contribution is 7.13. The first-order valence-electron chi connectivity index (χ1n) is 28.2. The van der Waals surface area contributed by atoms with Gasteiger partial charge in [0.25, 0.3) is 0 Å². The van der Waals surface area contributed by atoms with Crippen LogP contribution in [-0.2, 0) is 20.9 Å². The van der Waals surface area contributed by atoms with Crippen LogP contribution in [0.15, 0.2) is 78.6 Å². The minimum atomic E-state index is -0.978. The van der Waals surface area contributed by atoms with Crippen molar-refractivity contribution in [2.45, 2.75) is 121 Å². The van der Waals surface area contributed by atoms with E-state index in [0.29, 0.717) is 58.4 Å². The number of amides is 2. The summed E-state index contributed by atoms with van der Waals surface area (Å²) in [6.45, 7) is 10.2. The zero-order valence-corrected chi connectivity index (χ0v) is 50.1. The minimum absolute atomic E-state index is 0. The van der Waals surface area contributed by atoms with E-state index in [1.54, 1.807) is 29.2 Å². The molecule has 0 unspecified atom stereocenters. The van der Waals surface area contributed by atoms with Crippen molar-refractivity contribution >= 4 is 88.0 Å². The molecule has 4 aliphatic heterocycles. The maximum atomic E-state index is 16.2. The number of aliphatic hydroxyl groups excluding tert-OH is 2. The lowest BCUT2D eigenvalue weighted by Crippen LogP contribution is -2.50. The number of likely N-dealkylation sites (tertiary alicyclic amines) is 1. The Labute approximate surface area is 507 Å². The standard InChI is InChI=1S/C60H65FN12O7S.3ClH/c1-31(2)54(59(77)72-26-41(75)20-50(72)58(76)65-49(28-74)37-11-13-38(14-12-37)56-33(4)63-30-81-56)73-27-48(69-70-73)36-7-5-34(6-8-36)29-79-55-52(51-32(3)46(61)22-47-45(51)24-64-68-47)43(35-9-10-35)21-44-53(55)66-60(80-42-15-17-78-18-16-42)67-57(44)71-25-39-19-40(71)23-62-39;;;/h5-8,11-14,21-22,24,27,30-31,35,39-42,49-50,54,62,74-75H,9-10,15-20,23,25-26,28-29H2,1-4H3,(H,64,68)(H,65,76);3*1H/t39-,40-,41+,49-,50-,54-;;;/m0.../s1. The number of aryl methyl sites for hydroxylation is 1. The molecule has 4 aromatic carbocycles. The Balaban J connectivity index is 0.00000262. The Bertz CT molecular complexity index is 3670. The van der Waals surface area contributed by atoms with Gasteiger partial charge in [0.15, 0.2) is 5.75 Å². The van der Waals surface area contributed by atoms with Gasteiger partial charge in [0.1, 0.15) is 47.6 Å². The lowest BCUT2D eigenvalue weighted by Gasteiger charge is -2.31. The number of H-pyrrole nitrogens is 1. The third-order valence-electron chi connectivity index (χ3n) is 16.9. The van der Waals surface area contributed by atoms with Crippen LogP contribution in [0.2, 0.25) is 0 Å². The van der Waals surface area contributed by atoms with E-state index in [9.17, 15) is 19.8 Å². The number of β-amino-alcohol motifs (C(OH)–C–C–N with tert-alkyl or cyclic N) is 1. The van der Waals surface area contributed by atoms with Crippen LogP contribution in [0, 0.1) is 25.6 Å². The number of aromatic nitrogens is 8. The highest BCUT2D eigenvalue weighted by atomic mass is 35.5. The van der Waals surface area contributed by atoms with Crippen LogP contribution in [0.25, 0.3) is 54.6 Å². The number of piperazine rings is 1. The number of aromatic amines is 1. The summed E-state index contributed by atoms with van der Waals surface area (Å²) in [5, 5.41) is 46.0. The number of ether oxygens (including phenoxy) is 3. The summed E-state index contributed by atoms with van der Waals surface area (Å²) in [4.78, 5) is 48.3. The largest absolute Gasteiger partial charge is 0.486 e. The van der Waals surface area contributed by atoms with Gasteiger partial charge in [0.05, 0.1) is 66.0 Å². The number of carbonyl (C=O) groups excluding carboxylic acids is 2. The van der Waals surface area contributed by atoms with E-state index in [2.05, 4.69) is 47.1 Å². The van der Waals surface area contributed by atoms with Crippen molar-refractivity contribution in [3.8, 4) is 44.6 Å². The predicted octanol–water partition coefficient (Wildman–Crippen LogP) is 9.15. The Morgan fingerprint density at radius 3 is 2.38 bits per heavy atom. The molecular weight excluding hydrogens is 1160 g/mol. The molecule has 19 nitrogen and oxygen atoms in total. The third kappa shape index (κ3) is 11.6. The van der Waals surface area contributed by atoms with Gasteiger partial charge in [0, 0.05) is 78.4 Å². The van der Waals surface area contributed by atoms with Gasteiger partial charge in [-0.1, -0.05) is 67.6 Å². The number of anilines is 1. The number of fused-ring (bicyclic) bond motifs is 4. The summed E-state index contributed by atoms with van der Waals surface area (Å²) in [6.07, 6.45) is 6.91. The summed E-state index contributed by atoms with van der Waals surface area (Å²) < 4.78 is 37.2. The molecule has 8 heterocycles. The van der Waals surface area contributed by atoms with Gasteiger partial charge in [-0.2, -0.15) is 15.1 Å². The number of hydrogen-bond acceptors (Lipinski definition) is 16. The molecule has 24 heteroatoms. The first-order valence-corrected chi connectivity index (χ1v) is 29.0. The summed E-state index contributed by atoms with van der Waals surface area (Å²) >= 11 is 1.54. The average Bonchev–Trinajstić information content (AvgIpc) is 1.52. The molecule has 5 aliphatic rings. The van der Waals surface area contributed by atoms with Crippen molar-refractivity contribution in [2.24, 2.45) is 5.92 Å². The molecule has 0 radical (unpaired) electrons. The van der Waals surface area contributed by atoms with Gasteiger partial charge < -0.3 is 44.9 Å². The summed E-state index contributed by atoms with van der Waals surface area (Å²) in [5.41, 5.74) is 10.8. The number of thiazole rings is 1. The average molecular weight is 1230 g/mol. The monoisotopic (exact) mass is 1220 g/mol. The van der Waals surface area contributed by atoms with Crippen molar-refractivity contribution in [3.63, 3.8) is 0 Å². The second kappa shape index (κ2) is 25.2. The van der Waals surface area contributed by atoms with Crippen molar-refractivity contribution in [3.05, 3.63) is 112 Å². The number of benzene rings is 4. The molecule has 8 aromatic rings. The molecule has 1 saturated carbocycles. The molecule has 1 aliphatic carbocycles. The van der Waals surface area contributed by atoms with Crippen LogP contribution < -0.4 is 25.0 Å². The smallest absolute Gasteiger partial charge is 0.319 e. The van der Waals surface area contributed by atoms with Crippen molar-refractivity contribution in [2.75, 3.05) is 44.4 Å². The van der Waals surface area contributed by atoms with E-state index in [1.165, 1.54) is 15.6 Å². The lowest BCUT2D eigenvalue weighted by molar-refractivity contribution is -0.142. The van der Waals surface area contributed by atoms with E-state index in [4.69, 9.17) is 24.2 Å². The van der Waals surface area contributed by atoms with Crippen LogP contribution in [0.1, 0.15) is 98.3 Å². The van der Waals surface area contributed by atoms with E-state index in [0.717, 1.165) is 100 Å². The van der Waals surface area contributed by atoms with Crippen LogP contribution in [-0.4, -0.2) is 137 Å². The van der Waals surface area contributed by atoms with Crippen LogP contribution in [0.4, 0.5) is 10.2 Å². The van der Waals surface area contributed by atoms with Crippen molar-refractivity contribution < 1.29 is 38.4 Å². The first kappa shape index (κ1) is 60.6. The number of nitrogens with zero attached hydrogens (tertiary/aromatic N) is 9. The number of rotatable bonds is 17.